The largest absolute Gasteiger partial charge is 0.465 e. The van der Waals surface area contributed by atoms with Crippen LogP contribution in [0.3, 0.4) is 0 Å². The Balaban J connectivity index is 1.32. The van der Waals surface area contributed by atoms with Crippen molar-refractivity contribution in [3.05, 3.63) is 89.5 Å². The molecule has 40 heavy (non-hydrogen) atoms. The average molecular weight is 544 g/mol. The van der Waals surface area contributed by atoms with E-state index >= 15 is 0 Å². The van der Waals surface area contributed by atoms with Crippen molar-refractivity contribution in [2.45, 2.75) is 32.2 Å². The first kappa shape index (κ1) is 28.4. The summed E-state index contributed by atoms with van der Waals surface area (Å²) < 4.78 is 10.3. The summed E-state index contributed by atoms with van der Waals surface area (Å²) in [6.07, 6.45) is -0.378. The normalized spacial score (nSPS) is 12.6. The van der Waals surface area contributed by atoms with Gasteiger partial charge in [-0.1, -0.05) is 74.5 Å². The zero-order valence-electron chi connectivity index (χ0n) is 22.7. The van der Waals surface area contributed by atoms with E-state index in [4.69, 9.17) is 9.47 Å². The van der Waals surface area contributed by atoms with Crippen LogP contribution in [0.2, 0.25) is 0 Å². The number of hydrogen-bond donors (Lipinski definition) is 3. The molecule has 0 unspecified atom stereocenters. The minimum absolute atomic E-state index is 0.0852. The van der Waals surface area contributed by atoms with Gasteiger partial charge in [0.05, 0.1) is 18.4 Å². The van der Waals surface area contributed by atoms with Gasteiger partial charge in [-0.2, -0.15) is 0 Å². The maximum atomic E-state index is 13.0. The van der Waals surface area contributed by atoms with Crippen molar-refractivity contribution in [3.63, 3.8) is 0 Å². The van der Waals surface area contributed by atoms with Crippen LogP contribution in [-0.2, 0) is 19.1 Å². The maximum absolute atomic E-state index is 13.0. The Morgan fingerprint density at radius 2 is 1.45 bits per heavy atom. The highest BCUT2D eigenvalue weighted by molar-refractivity contribution is 6.03. The van der Waals surface area contributed by atoms with E-state index in [2.05, 4.69) is 28.1 Å². The van der Waals surface area contributed by atoms with Gasteiger partial charge in [-0.3, -0.25) is 9.59 Å². The second kappa shape index (κ2) is 12.9. The summed E-state index contributed by atoms with van der Waals surface area (Å²) in [4.78, 5) is 50.2. The lowest BCUT2D eigenvalue weighted by molar-refractivity contribution is -0.126. The predicted molar refractivity (Wildman–Crippen MR) is 151 cm³/mol. The number of hydrogen-bond acceptors (Lipinski definition) is 6. The molecule has 3 aromatic carbocycles. The van der Waals surface area contributed by atoms with Gasteiger partial charge < -0.3 is 25.4 Å². The Kier molecular flexibility index (Phi) is 9.16. The Bertz CT molecular complexity index is 1360. The Hall–Kier alpha value is -4.66. The number of rotatable bonds is 10. The number of benzene rings is 3. The maximum Gasteiger partial charge on any atom is 0.407 e. The molecular formula is C31H33N3O6. The van der Waals surface area contributed by atoms with Gasteiger partial charge >= 0.3 is 12.1 Å². The molecule has 0 saturated heterocycles. The van der Waals surface area contributed by atoms with E-state index in [-0.39, 0.29) is 36.2 Å². The Morgan fingerprint density at radius 3 is 2.08 bits per heavy atom. The van der Waals surface area contributed by atoms with Gasteiger partial charge in [-0.25, -0.2) is 9.59 Å². The van der Waals surface area contributed by atoms with Gasteiger partial charge in [-0.15, -0.1) is 0 Å². The molecule has 208 valence electrons. The van der Waals surface area contributed by atoms with E-state index in [1.54, 1.807) is 18.2 Å². The molecule has 9 heteroatoms. The summed E-state index contributed by atoms with van der Waals surface area (Å²) in [5.74, 6) is -1.64. The topological polar surface area (TPSA) is 123 Å². The Labute approximate surface area is 233 Å². The van der Waals surface area contributed by atoms with Crippen molar-refractivity contribution < 1.29 is 28.7 Å². The molecule has 0 heterocycles. The molecule has 0 spiro atoms. The van der Waals surface area contributed by atoms with Crippen molar-refractivity contribution in [1.82, 2.24) is 10.6 Å². The van der Waals surface area contributed by atoms with Crippen molar-refractivity contribution in [2.24, 2.45) is 5.92 Å². The summed E-state index contributed by atoms with van der Waals surface area (Å²) in [6.45, 7) is 3.60. The third kappa shape index (κ3) is 6.66. The highest BCUT2D eigenvalue weighted by Gasteiger charge is 2.29. The van der Waals surface area contributed by atoms with Crippen LogP contribution >= 0.6 is 0 Å². The SMILES string of the molecule is COC(=O)c1ccccc1NC(=O)[C@H](CC(C)C)NC(=O)CNC(=O)OCC1c2ccccc2-c2ccccc21. The van der Waals surface area contributed by atoms with E-state index < -0.39 is 29.9 Å². The molecule has 0 aliphatic heterocycles. The number of para-hydroxylation sites is 1. The molecule has 0 aromatic heterocycles. The molecule has 0 saturated carbocycles. The molecule has 1 aliphatic rings. The van der Waals surface area contributed by atoms with E-state index in [0.717, 1.165) is 22.3 Å². The minimum atomic E-state index is -0.887. The molecule has 3 N–H and O–H groups in total. The number of esters is 1. The lowest BCUT2D eigenvalue weighted by atomic mass is 9.98. The van der Waals surface area contributed by atoms with Gasteiger partial charge in [0.2, 0.25) is 11.8 Å². The number of carbonyl (C=O) groups is 4. The fourth-order valence-corrected chi connectivity index (χ4v) is 4.85. The van der Waals surface area contributed by atoms with Crippen molar-refractivity contribution in [1.29, 1.82) is 0 Å². The van der Waals surface area contributed by atoms with Gasteiger partial charge in [0.1, 0.15) is 19.2 Å². The van der Waals surface area contributed by atoms with E-state index in [1.807, 2.05) is 50.2 Å². The van der Waals surface area contributed by atoms with Gasteiger partial charge in [0.25, 0.3) is 0 Å². The quantitative estimate of drug-likeness (QED) is 0.324. The van der Waals surface area contributed by atoms with Crippen LogP contribution in [0.5, 0.6) is 0 Å². The van der Waals surface area contributed by atoms with Crippen LogP contribution in [0, 0.1) is 5.92 Å². The number of amides is 3. The highest BCUT2D eigenvalue weighted by atomic mass is 16.5. The van der Waals surface area contributed by atoms with E-state index in [0.29, 0.717) is 6.42 Å². The molecule has 0 bridgehead atoms. The monoisotopic (exact) mass is 543 g/mol. The molecule has 4 rings (SSSR count). The third-order valence-corrected chi connectivity index (χ3v) is 6.69. The average Bonchev–Trinajstić information content (AvgIpc) is 3.28. The predicted octanol–water partition coefficient (Wildman–Crippen LogP) is 4.48. The first-order chi connectivity index (χ1) is 19.3. The molecule has 9 nitrogen and oxygen atoms in total. The second-order valence-electron chi connectivity index (χ2n) is 9.96. The Morgan fingerprint density at radius 1 is 0.850 bits per heavy atom. The summed E-state index contributed by atoms with van der Waals surface area (Å²) >= 11 is 0. The number of anilines is 1. The van der Waals surface area contributed by atoms with E-state index in [1.165, 1.54) is 13.2 Å². The molecule has 0 radical (unpaired) electrons. The lowest BCUT2D eigenvalue weighted by Crippen LogP contribution is -2.48. The fraction of sp³-hybridized carbons (Fsp3) is 0.290. The number of nitrogens with one attached hydrogen (secondary N) is 3. The number of alkyl carbamates (subject to hydrolysis) is 1. The number of methoxy groups -OCH3 is 1. The highest BCUT2D eigenvalue weighted by Crippen LogP contribution is 2.44. The van der Waals surface area contributed by atoms with Crippen LogP contribution in [0.15, 0.2) is 72.8 Å². The number of carbonyl (C=O) groups excluding carboxylic acids is 4. The van der Waals surface area contributed by atoms with Crippen LogP contribution in [0.1, 0.15) is 47.7 Å². The van der Waals surface area contributed by atoms with Gasteiger partial charge in [0.15, 0.2) is 0 Å². The zero-order valence-corrected chi connectivity index (χ0v) is 22.7. The summed E-state index contributed by atoms with van der Waals surface area (Å²) in [7, 11) is 1.26. The van der Waals surface area contributed by atoms with Crippen LogP contribution in [0.25, 0.3) is 11.1 Å². The van der Waals surface area contributed by atoms with Gasteiger partial charge in [0, 0.05) is 5.92 Å². The molecule has 3 aromatic rings. The standard InChI is InChI=1S/C31H33N3O6/c1-19(2)16-27(29(36)34-26-15-9-8-14-24(26)30(37)39-3)33-28(35)17-32-31(38)40-18-25-22-12-6-4-10-20(22)21-11-5-7-13-23(21)25/h4-15,19,25,27H,16-18H2,1-3H3,(H,32,38)(H,33,35)(H,34,36)/t27-/m0/s1. The molecule has 3 amide bonds. The smallest absolute Gasteiger partial charge is 0.407 e. The van der Waals surface area contributed by atoms with Crippen molar-refractivity contribution in [2.75, 3.05) is 25.6 Å². The zero-order chi connectivity index (χ0) is 28.6. The molecule has 0 fully saturated rings. The molecular weight excluding hydrogens is 510 g/mol. The number of fused-ring (bicyclic) bond motifs is 3. The minimum Gasteiger partial charge on any atom is -0.465 e. The third-order valence-electron chi connectivity index (χ3n) is 6.69. The van der Waals surface area contributed by atoms with Crippen molar-refractivity contribution in [3.8, 4) is 11.1 Å². The summed E-state index contributed by atoms with van der Waals surface area (Å²) in [5, 5.41) is 7.84. The molecule has 1 aliphatic carbocycles. The van der Waals surface area contributed by atoms with Crippen LogP contribution in [0.4, 0.5) is 10.5 Å². The fourth-order valence-electron chi connectivity index (χ4n) is 4.85. The first-order valence-electron chi connectivity index (χ1n) is 13.1. The van der Waals surface area contributed by atoms with Gasteiger partial charge in [-0.05, 0) is 46.7 Å². The number of ether oxygens (including phenoxy) is 2. The van der Waals surface area contributed by atoms with Crippen LogP contribution in [-0.4, -0.2) is 50.2 Å². The van der Waals surface area contributed by atoms with Crippen LogP contribution < -0.4 is 16.0 Å². The molecule has 1 atom stereocenters. The first-order valence-corrected chi connectivity index (χ1v) is 13.1. The second-order valence-corrected chi connectivity index (χ2v) is 9.96. The summed E-state index contributed by atoms with van der Waals surface area (Å²) in [5.41, 5.74) is 4.89. The lowest BCUT2D eigenvalue weighted by Gasteiger charge is -2.21. The van der Waals surface area contributed by atoms with Crippen molar-refractivity contribution >= 4 is 29.6 Å². The summed E-state index contributed by atoms with van der Waals surface area (Å²) in [6, 6.07) is 21.6. The van der Waals surface area contributed by atoms with E-state index in [9.17, 15) is 19.2 Å².